The number of nitrogens with zero attached hydrogens (tertiary/aromatic N) is 3. The van der Waals surface area contributed by atoms with Crippen LogP contribution in [0.2, 0.25) is 0 Å². The van der Waals surface area contributed by atoms with Gasteiger partial charge >= 0.3 is 0 Å². The molecule has 0 aliphatic heterocycles. The lowest BCUT2D eigenvalue weighted by atomic mass is 10.4. The summed E-state index contributed by atoms with van der Waals surface area (Å²) >= 11 is 0. The van der Waals surface area contributed by atoms with E-state index in [1.807, 2.05) is 19.1 Å². The summed E-state index contributed by atoms with van der Waals surface area (Å²) in [5.41, 5.74) is 0. The van der Waals surface area contributed by atoms with Crippen molar-refractivity contribution >= 4 is 29.9 Å². The van der Waals surface area contributed by atoms with E-state index in [1.165, 1.54) is 0 Å². The van der Waals surface area contributed by atoms with Gasteiger partial charge in [-0.25, -0.2) is 0 Å². The van der Waals surface area contributed by atoms with Gasteiger partial charge in [0.25, 0.3) is 0 Å². The number of aryl methyl sites for hydroxylation is 1. The quantitative estimate of drug-likeness (QED) is 0.242. The van der Waals surface area contributed by atoms with Crippen LogP contribution < -0.4 is 10.6 Å². The lowest BCUT2D eigenvalue weighted by molar-refractivity contribution is 0.105. The van der Waals surface area contributed by atoms with Gasteiger partial charge in [0.15, 0.2) is 11.8 Å². The second kappa shape index (κ2) is 12.7. The minimum absolute atomic E-state index is 0. The minimum Gasteiger partial charge on any atom is -0.467 e. The molecule has 2 aromatic heterocycles. The number of aromatic nitrogens is 2. The van der Waals surface area contributed by atoms with Crippen molar-refractivity contribution < 1.29 is 13.7 Å². The third kappa shape index (κ3) is 8.87. The predicted octanol–water partition coefficient (Wildman–Crippen LogP) is 2.29. The van der Waals surface area contributed by atoms with Gasteiger partial charge in [0.2, 0.25) is 5.89 Å². The van der Waals surface area contributed by atoms with Crippen LogP contribution in [0.15, 0.2) is 32.3 Å². The number of hydrogen-bond donors (Lipinski definition) is 2. The van der Waals surface area contributed by atoms with Gasteiger partial charge in [-0.2, -0.15) is 4.98 Å². The summed E-state index contributed by atoms with van der Waals surface area (Å²) in [5.74, 6) is 2.90. The van der Waals surface area contributed by atoms with Crippen LogP contribution in [-0.4, -0.2) is 42.3 Å². The highest BCUT2D eigenvalue weighted by atomic mass is 127. The highest BCUT2D eigenvalue weighted by Gasteiger charge is 2.03. The highest BCUT2D eigenvalue weighted by molar-refractivity contribution is 14.0. The zero-order chi connectivity index (χ0) is 17.0. The van der Waals surface area contributed by atoms with E-state index in [9.17, 15) is 0 Å². The molecule has 0 unspecified atom stereocenters. The van der Waals surface area contributed by atoms with Crippen LogP contribution in [0.1, 0.15) is 30.8 Å². The predicted molar refractivity (Wildman–Crippen MR) is 105 cm³/mol. The highest BCUT2D eigenvalue weighted by Crippen LogP contribution is 2.01. The average Bonchev–Trinajstić information content (AvgIpc) is 3.22. The third-order valence-electron chi connectivity index (χ3n) is 3.09. The Balaban J connectivity index is 0.00000312. The molecule has 0 aliphatic carbocycles. The Morgan fingerprint density at radius 2 is 2.24 bits per heavy atom. The lowest BCUT2D eigenvalue weighted by Gasteiger charge is -2.10. The summed E-state index contributed by atoms with van der Waals surface area (Å²) in [6.07, 6.45) is 3.16. The molecule has 2 N–H and O–H groups in total. The maximum Gasteiger partial charge on any atom is 0.228 e. The smallest absolute Gasteiger partial charge is 0.228 e. The molecule has 0 bridgehead atoms. The van der Waals surface area contributed by atoms with Gasteiger partial charge in [0.05, 0.1) is 6.26 Å². The second-order valence-electron chi connectivity index (χ2n) is 5.16. The fourth-order valence-electron chi connectivity index (χ4n) is 2.00. The molecular weight excluding hydrogens is 437 g/mol. The second-order valence-corrected chi connectivity index (χ2v) is 5.16. The molecule has 0 atom stereocenters. The molecule has 25 heavy (non-hydrogen) atoms. The molecule has 0 aromatic carbocycles. The Bertz CT molecular complexity index is 601. The van der Waals surface area contributed by atoms with Crippen molar-refractivity contribution in [2.45, 2.75) is 33.3 Å². The van der Waals surface area contributed by atoms with E-state index in [0.717, 1.165) is 24.7 Å². The molecule has 0 aliphatic rings. The average molecular weight is 463 g/mol. The Hall–Kier alpha value is -1.62. The molecule has 140 valence electrons. The van der Waals surface area contributed by atoms with E-state index in [4.69, 9.17) is 13.7 Å². The number of nitrogens with one attached hydrogen (secondary N) is 2. The van der Waals surface area contributed by atoms with Gasteiger partial charge in [0.1, 0.15) is 12.4 Å². The maximum absolute atomic E-state index is 5.53. The van der Waals surface area contributed by atoms with Gasteiger partial charge in [-0.1, -0.05) is 5.16 Å². The Kier molecular flexibility index (Phi) is 10.9. The SMILES string of the molecule is CCNC(=NCCCOCc1ccco1)NCCc1nc(C)no1.I. The van der Waals surface area contributed by atoms with Crippen LogP contribution >= 0.6 is 24.0 Å². The Morgan fingerprint density at radius 3 is 2.92 bits per heavy atom. The van der Waals surface area contributed by atoms with Crippen LogP contribution in [0.3, 0.4) is 0 Å². The molecule has 0 radical (unpaired) electrons. The first-order valence-electron chi connectivity index (χ1n) is 8.19. The van der Waals surface area contributed by atoms with Crippen LogP contribution in [0.25, 0.3) is 0 Å². The number of guanidine groups is 1. The molecule has 2 aromatic rings. The molecule has 2 heterocycles. The Morgan fingerprint density at radius 1 is 1.36 bits per heavy atom. The minimum atomic E-state index is 0. The topological polar surface area (TPSA) is 97.7 Å². The van der Waals surface area contributed by atoms with Crippen molar-refractivity contribution in [3.8, 4) is 0 Å². The lowest BCUT2D eigenvalue weighted by Crippen LogP contribution is -2.38. The number of aliphatic imine (C=N–C) groups is 1. The molecule has 9 heteroatoms. The number of rotatable bonds is 10. The summed E-state index contributed by atoms with van der Waals surface area (Å²) in [7, 11) is 0. The zero-order valence-electron chi connectivity index (χ0n) is 14.7. The van der Waals surface area contributed by atoms with E-state index in [0.29, 0.717) is 44.4 Å². The van der Waals surface area contributed by atoms with Crippen molar-refractivity contribution in [3.63, 3.8) is 0 Å². The number of hydrogen-bond acceptors (Lipinski definition) is 6. The number of ether oxygens (including phenoxy) is 1. The fraction of sp³-hybridized carbons (Fsp3) is 0.562. The largest absolute Gasteiger partial charge is 0.467 e. The van der Waals surface area contributed by atoms with Gasteiger partial charge in [-0.05, 0) is 32.4 Å². The number of halogens is 1. The van der Waals surface area contributed by atoms with E-state index in [1.54, 1.807) is 13.2 Å². The molecule has 2 rings (SSSR count). The Labute approximate surface area is 164 Å². The van der Waals surface area contributed by atoms with Crippen molar-refractivity contribution in [2.24, 2.45) is 4.99 Å². The van der Waals surface area contributed by atoms with Gasteiger partial charge < -0.3 is 24.3 Å². The van der Waals surface area contributed by atoms with Crippen molar-refractivity contribution in [3.05, 3.63) is 35.9 Å². The zero-order valence-corrected chi connectivity index (χ0v) is 17.0. The molecular formula is C16H26IN5O3. The maximum atomic E-state index is 5.53. The van der Waals surface area contributed by atoms with Crippen molar-refractivity contribution in [2.75, 3.05) is 26.2 Å². The van der Waals surface area contributed by atoms with Crippen LogP contribution in [0.5, 0.6) is 0 Å². The van der Waals surface area contributed by atoms with Gasteiger partial charge in [0, 0.05) is 32.7 Å². The molecule has 0 saturated heterocycles. The first-order chi connectivity index (χ1) is 11.8. The fourth-order valence-corrected chi connectivity index (χ4v) is 2.00. The summed E-state index contributed by atoms with van der Waals surface area (Å²) in [6, 6.07) is 3.75. The summed E-state index contributed by atoms with van der Waals surface area (Å²) in [5, 5.41) is 10.2. The molecule has 0 amide bonds. The van der Waals surface area contributed by atoms with E-state index < -0.39 is 0 Å². The first kappa shape index (κ1) is 21.4. The first-order valence-corrected chi connectivity index (χ1v) is 8.19. The van der Waals surface area contributed by atoms with Crippen molar-refractivity contribution in [1.29, 1.82) is 0 Å². The molecule has 0 fully saturated rings. The monoisotopic (exact) mass is 463 g/mol. The standard InChI is InChI=1S/C16H25N5O3.HI/c1-3-17-16(19-9-7-15-20-13(2)21-24-15)18-8-5-10-22-12-14-6-4-11-23-14;/h4,6,11H,3,5,7-10,12H2,1-2H3,(H2,17,18,19);1H. The molecule has 8 nitrogen and oxygen atoms in total. The summed E-state index contributed by atoms with van der Waals surface area (Å²) in [6.45, 7) is 7.16. The van der Waals surface area contributed by atoms with Crippen LogP contribution in [-0.2, 0) is 17.8 Å². The van der Waals surface area contributed by atoms with E-state index in [2.05, 4.69) is 25.8 Å². The normalized spacial score (nSPS) is 11.2. The summed E-state index contributed by atoms with van der Waals surface area (Å²) < 4.78 is 15.8. The third-order valence-corrected chi connectivity index (χ3v) is 3.09. The van der Waals surface area contributed by atoms with E-state index >= 15 is 0 Å². The molecule has 0 spiro atoms. The van der Waals surface area contributed by atoms with Gasteiger partial charge in [-0.15, -0.1) is 24.0 Å². The molecule has 0 saturated carbocycles. The summed E-state index contributed by atoms with van der Waals surface area (Å²) in [4.78, 5) is 8.68. The number of furan rings is 1. The van der Waals surface area contributed by atoms with Crippen molar-refractivity contribution in [1.82, 2.24) is 20.8 Å². The van der Waals surface area contributed by atoms with E-state index in [-0.39, 0.29) is 24.0 Å². The van der Waals surface area contributed by atoms with Gasteiger partial charge in [-0.3, -0.25) is 4.99 Å². The van der Waals surface area contributed by atoms with Crippen LogP contribution in [0.4, 0.5) is 0 Å². The van der Waals surface area contributed by atoms with Crippen LogP contribution in [0, 0.1) is 6.92 Å².